The third-order valence-electron chi connectivity index (χ3n) is 4.62. The number of halogens is 4. The zero-order valence-electron chi connectivity index (χ0n) is 19.3. The Hall–Kier alpha value is -4.55. The molecule has 4 aromatic rings. The van der Waals surface area contributed by atoms with Crippen LogP contribution < -0.4 is 10.6 Å². The average molecular weight is 503 g/mol. The first kappa shape index (κ1) is 26.1. The number of nitrogens with one attached hydrogen (secondary N) is 2. The van der Waals surface area contributed by atoms with Crippen molar-refractivity contribution < 1.29 is 27.5 Å². The minimum atomic E-state index is -5.08. The third kappa shape index (κ3) is 6.74. The molecule has 3 N–H and O–H groups in total. The molecule has 0 unspecified atom stereocenters. The number of carboxylic acid groups (broad SMARTS) is 1. The molecular weight excluding hydrogens is 482 g/mol. The van der Waals surface area contributed by atoms with Gasteiger partial charge in [-0.25, -0.2) is 28.8 Å². The van der Waals surface area contributed by atoms with Gasteiger partial charge in [0.15, 0.2) is 0 Å². The van der Waals surface area contributed by atoms with Gasteiger partial charge in [0.05, 0.1) is 11.4 Å². The highest BCUT2D eigenvalue weighted by atomic mass is 19.4. The van der Waals surface area contributed by atoms with E-state index in [0.29, 0.717) is 22.9 Å². The summed E-state index contributed by atoms with van der Waals surface area (Å²) < 4.78 is 47.4. The van der Waals surface area contributed by atoms with E-state index in [1.807, 2.05) is 44.2 Å². The fraction of sp³-hybridized carbons (Fsp3) is 0.174. The molecule has 0 aliphatic heterocycles. The molecule has 36 heavy (non-hydrogen) atoms. The predicted octanol–water partition coefficient (Wildman–Crippen LogP) is 4.90. The molecule has 2 aromatic carbocycles. The van der Waals surface area contributed by atoms with Gasteiger partial charge in [0.25, 0.3) is 0 Å². The molecule has 0 aliphatic carbocycles. The minimum Gasteiger partial charge on any atom is -0.475 e. The Morgan fingerprint density at radius 2 is 1.67 bits per heavy atom. The maximum absolute atomic E-state index is 13.8. The average Bonchev–Trinajstić information content (AvgIpc) is 3.17. The highest BCUT2D eigenvalue weighted by Gasteiger charge is 2.38. The van der Waals surface area contributed by atoms with Crippen LogP contribution in [0.5, 0.6) is 0 Å². The normalized spacial score (nSPS) is 10.9. The Labute approximate surface area is 202 Å². The number of carbonyl (C=O) groups is 1. The Morgan fingerprint density at radius 3 is 2.22 bits per heavy atom. The quantitative estimate of drug-likeness (QED) is 0.329. The fourth-order valence-corrected chi connectivity index (χ4v) is 3.04. The molecule has 2 aromatic heterocycles. The summed E-state index contributed by atoms with van der Waals surface area (Å²) in [4.78, 5) is 22.0. The molecule has 0 saturated heterocycles. The van der Waals surface area contributed by atoms with E-state index in [4.69, 9.17) is 9.90 Å². The Balaban J connectivity index is 0.000000454. The molecule has 0 saturated carbocycles. The van der Waals surface area contributed by atoms with Gasteiger partial charge in [-0.2, -0.15) is 18.3 Å². The second-order valence-corrected chi connectivity index (χ2v) is 7.34. The van der Waals surface area contributed by atoms with Crippen LogP contribution in [-0.2, 0) is 4.79 Å². The first-order chi connectivity index (χ1) is 17.0. The van der Waals surface area contributed by atoms with Crippen LogP contribution in [-0.4, -0.2) is 49.0 Å². The lowest BCUT2D eigenvalue weighted by Gasteiger charge is -2.09. The molecule has 13 heteroatoms. The molecular formula is C23H21F4N7O2. The molecule has 0 aliphatic rings. The van der Waals surface area contributed by atoms with E-state index in [9.17, 15) is 17.6 Å². The van der Waals surface area contributed by atoms with Gasteiger partial charge in [-0.1, -0.05) is 0 Å². The zero-order chi connectivity index (χ0) is 26.5. The van der Waals surface area contributed by atoms with Gasteiger partial charge in [-0.3, -0.25) is 0 Å². The first-order valence-electron chi connectivity index (χ1n) is 10.4. The largest absolute Gasteiger partial charge is 0.490 e. The number of hydrogen-bond acceptors (Lipinski definition) is 7. The third-order valence-corrected chi connectivity index (χ3v) is 4.62. The Bertz CT molecular complexity index is 1360. The zero-order valence-corrected chi connectivity index (χ0v) is 19.3. The van der Waals surface area contributed by atoms with Gasteiger partial charge in [-0.15, -0.1) is 0 Å². The lowest BCUT2D eigenvalue weighted by molar-refractivity contribution is -0.192. The predicted molar refractivity (Wildman–Crippen MR) is 125 cm³/mol. The number of hydrogen-bond donors (Lipinski definition) is 3. The second-order valence-electron chi connectivity index (χ2n) is 7.34. The van der Waals surface area contributed by atoms with Crippen LogP contribution in [0.2, 0.25) is 0 Å². The van der Waals surface area contributed by atoms with E-state index in [1.54, 1.807) is 24.0 Å². The molecule has 0 spiro atoms. The van der Waals surface area contributed by atoms with E-state index in [0.717, 1.165) is 23.0 Å². The van der Waals surface area contributed by atoms with E-state index >= 15 is 0 Å². The summed E-state index contributed by atoms with van der Waals surface area (Å²) >= 11 is 0. The number of aromatic nitrogens is 5. The smallest absolute Gasteiger partial charge is 0.475 e. The lowest BCUT2D eigenvalue weighted by atomic mass is 10.1. The van der Waals surface area contributed by atoms with E-state index in [-0.39, 0.29) is 5.82 Å². The van der Waals surface area contributed by atoms with Crippen molar-refractivity contribution in [1.82, 2.24) is 24.7 Å². The van der Waals surface area contributed by atoms with Gasteiger partial charge in [0.1, 0.15) is 17.5 Å². The topological polar surface area (TPSA) is 118 Å². The van der Waals surface area contributed by atoms with E-state index in [2.05, 4.69) is 30.7 Å². The number of anilines is 3. The van der Waals surface area contributed by atoms with Crippen LogP contribution in [0.25, 0.3) is 16.9 Å². The summed E-state index contributed by atoms with van der Waals surface area (Å²) in [5.41, 5.74) is 3.73. The SMILES string of the molecule is CNc1cc(F)cc(-c2ccnc(Nc3ccc(-n4nc(C)nc4C)cc3)n2)c1.O=C(O)C(F)(F)F. The van der Waals surface area contributed by atoms with Gasteiger partial charge in [0.2, 0.25) is 5.95 Å². The van der Waals surface area contributed by atoms with Crippen LogP contribution in [0, 0.1) is 19.7 Å². The van der Waals surface area contributed by atoms with Crippen molar-refractivity contribution in [2.24, 2.45) is 0 Å². The van der Waals surface area contributed by atoms with Gasteiger partial charge in [-0.05, 0) is 62.4 Å². The summed E-state index contributed by atoms with van der Waals surface area (Å²) in [7, 11) is 1.75. The molecule has 0 fully saturated rings. The number of nitrogens with zero attached hydrogens (tertiary/aromatic N) is 5. The summed E-state index contributed by atoms with van der Waals surface area (Å²) in [6.07, 6.45) is -3.44. The van der Waals surface area contributed by atoms with Gasteiger partial charge < -0.3 is 15.7 Å². The van der Waals surface area contributed by atoms with E-state index in [1.165, 1.54) is 12.1 Å². The number of alkyl halides is 3. The molecule has 9 nitrogen and oxygen atoms in total. The van der Waals surface area contributed by atoms with Crippen molar-refractivity contribution >= 4 is 23.3 Å². The first-order valence-corrected chi connectivity index (χ1v) is 10.4. The van der Waals surface area contributed by atoms with Crippen LogP contribution in [0.15, 0.2) is 54.7 Å². The number of carboxylic acids is 1. The summed E-state index contributed by atoms with van der Waals surface area (Å²) in [5.74, 6) is -1.09. The second kappa shape index (κ2) is 10.8. The van der Waals surface area contributed by atoms with Crippen LogP contribution in [0.1, 0.15) is 11.6 Å². The van der Waals surface area contributed by atoms with Crippen LogP contribution in [0.3, 0.4) is 0 Å². The fourth-order valence-electron chi connectivity index (χ4n) is 3.04. The molecule has 0 amide bonds. The number of aliphatic carboxylic acids is 1. The lowest BCUT2D eigenvalue weighted by Crippen LogP contribution is -2.21. The molecule has 0 bridgehead atoms. The standard InChI is InChI=1S/C21H20FN7.C2HF3O2/c1-13-25-14(2)29(28-13)19-6-4-17(5-7-19)26-21-24-9-8-20(27-21)15-10-16(22)12-18(11-15)23-3;3-2(4,5)1(6)7/h4-12,23H,1-3H3,(H,24,26,27);(H,6,7). The number of benzene rings is 2. The van der Waals surface area contributed by atoms with E-state index < -0.39 is 12.1 Å². The number of rotatable bonds is 5. The summed E-state index contributed by atoms with van der Waals surface area (Å²) in [5, 5.41) is 17.6. The van der Waals surface area contributed by atoms with Crippen molar-refractivity contribution in [3.8, 4) is 16.9 Å². The Morgan fingerprint density at radius 1 is 1.00 bits per heavy atom. The monoisotopic (exact) mass is 503 g/mol. The van der Waals surface area contributed by atoms with Crippen molar-refractivity contribution in [1.29, 1.82) is 0 Å². The van der Waals surface area contributed by atoms with Crippen molar-refractivity contribution in [2.45, 2.75) is 20.0 Å². The maximum atomic E-state index is 13.8. The molecule has 188 valence electrons. The molecule has 0 radical (unpaired) electrons. The van der Waals surface area contributed by atoms with Crippen LogP contribution >= 0.6 is 0 Å². The maximum Gasteiger partial charge on any atom is 0.490 e. The van der Waals surface area contributed by atoms with Crippen molar-refractivity contribution in [3.63, 3.8) is 0 Å². The molecule has 4 rings (SSSR count). The summed E-state index contributed by atoms with van der Waals surface area (Å²) in [6.45, 7) is 3.78. The molecule has 0 atom stereocenters. The van der Waals surface area contributed by atoms with Crippen molar-refractivity contribution in [2.75, 3.05) is 17.7 Å². The van der Waals surface area contributed by atoms with Crippen LogP contribution in [0.4, 0.5) is 34.9 Å². The minimum absolute atomic E-state index is 0.325. The Kier molecular flexibility index (Phi) is 7.82. The van der Waals surface area contributed by atoms with Gasteiger partial charge in [0, 0.05) is 30.2 Å². The van der Waals surface area contributed by atoms with Crippen molar-refractivity contribution in [3.05, 3.63) is 72.2 Å². The summed E-state index contributed by atoms with van der Waals surface area (Å²) in [6, 6.07) is 14.2. The highest BCUT2D eigenvalue weighted by Crippen LogP contribution is 2.24. The van der Waals surface area contributed by atoms with Gasteiger partial charge >= 0.3 is 12.1 Å². The highest BCUT2D eigenvalue weighted by molar-refractivity contribution is 5.73. The molecule has 2 heterocycles. The number of aryl methyl sites for hydroxylation is 2.